The Balaban J connectivity index is 0.00000264. The Morgan fingerprint density at radius 3 is 2.26 bits per heavy atom. The number of halogens is 1. The van der Waals surface area contributed by atoms with Crippen LogP contribution >= 0.6 is 0 Å². The SMILES string of the molecule is COc1ccc(NC(=O)C[n+]2ccc(C(=O)NN)cc2)cc1.[Cl-]. The third-order valence-corrected chi connectivity index (χ3v) is 2.98. The molecule has 0 aliphatic heterocycles. The van der Waals surface area contributed by atoms with Gasteiger partial charge >= 0.3 is 0 Å². The first kappa shape index (κ1) is 18.4. The Morgan fingerprint density at radius 1 is 1.13 bits per heavy atom. The lowest BCUT2D eigenvalue weighted by Gasteiger charge is -2.05. The molecule has 0 bridgehead atoms. The topological polar surface area (TPSA) is 97.3 Å². The maximum Gasteiger partial charge on any atom is 0.290 e. The van der Waals surface area contributed by atoms with Crippen molar-refractivity contribution in [1.82, 2.24) is 5.43 Å². The predicted molar refractivity (Wildman–Crippen MR) is 79.9 cm³/mol. The van der Waals surface area contributed by atoms with E-state index >= 15 is 0 Å². The van der Waals surface area contributed by atoms with E-state index in [0.717, 1.165) is 5.75 Å². The van der Waals surface area contributed by atoms with Crippen LogP contribution in [0.25, 0.3) is 0 Å². The molecule has 0 spiro atoms. The van der Waals surface area contributed by atoms with Gasteiger partial charge in [0, 0.05) is 17.8 Å². The molecule has 0 unspecified atom stereocenters. The van der Waals surface area contributed by atoms with Crippen molar-refractivity contribution in [3.63, 3.8) is 0 Å². The van der Waals surface area contributed by atoms with Gasteiger partial charge in [0.1, 0.15) is 5.75 Å². The fourth-order valence-corrected chi connectivity index (χ4v) is 1.84. The van der Waals surface area contributed by atoms with Crippen LogP contribution in [0.4, 0.5) is 5.69 Å². The van der Waals surface area contributed by atoms with Crippen molar-refractivity contribution in [2.45, 2.75) is 6.54 Å². The first-order valence-corrected chi connectivity index (χ1v) is 6.56. The minimum atomic E-state index is -0.380. The van der Waals surface area contributed by atoms with Gasteiger partial charge in [-0.15, -0.1) is 0 Å². The third-order valence-electron chi connectivity index (χ3n) is 2.98. The number of hydrogen-bond acceptors (Lipinski definition) is 4. The quantitative estimate of drug-likeness (QED) is 0.238. The van der Waals surface area contributed by atoms with Crippen LogP contribution in [0.3, 0.4) is 0 Å². The Bertz CT molecular complexity index is 659. The van der Waals surface area contributed by atoms with Crippen LogP contribution in [0.5, 0.6) is 5.75 Å². The summed E-state index contributed by atoms with van der Waals surface area (Å²) in [5, 5.41) is 2.78. The van der Waals surface area contributed by atoms with E-state index in [9.17, 15) is 9.59 Å². The van der Waals surface area contributed by atoms with Gasteiger partial charge in [-0.05, 0) is 24.3 Å². The predicted octanol–water partition coefficient (Wildman–Crippen LogP) is -2.77. The number of amides is 2. The summed E-state index contributed by atoms with van der Waals surface area (Å²) in [5.41, 5.74) is 3.16. The lowest BCUT2D eigenvalue weighted by Crippen LogP contribution is -3.00. The minimum Gasteiger partial charge on any atom is -1.00 e. The van der Waals surface area contributed by atoms with Gasteiger partial charge in [-0.25, -0.2) is 5.84 Å². The van der Waals surface area contributed by atoms with Crippen LogP contribution < -0.4 is 38.3 Å². The van der Waals surface area contributed by atoms with Crippen LogP contribution in [0.1, 0.15) is 10.4 Å². The second kappa shape index (κ2) is 8.72. The maximum absolute atomic E-state index is 11.9. The Labute approximate surface area is 139 Å². The summed E-state index contributed by atoms with van der Waals surface area (Å²) in [6.45, 7) is 0.135. The van der Waals surface area contributed by atoms with Gasteiger partial charge in [0.2, 0.25) is 6.54 Å². The molecule has 0 aliphatic rings. The normalized spacial score (nSPS) is 9.48. The molecule has 8 heteroatoms. The fourth-order valence-electron chi connectivity index (χ4n) is 1.84. The smallest absolute Gasteiger partial charge is 0.290 e. The van der Waals surface area contributed by atoms with Crippen molar-refractivity contribution in [2.24, 2.45) is 5.84 Å². The van der Waals surface area contributed by atoms with Gasteiger partial charge in [0.05, 0.1) is 12.7 Å². The second-order valence-electron chi connectivity index (χ2n) is 4.51. The molecular weight excluding hydrogens is 320 g/mol. The highest BCUT2D eigenvalue weighted by molar-refractivity contribution is 5.93. The lowest BCUT2D eigenvalue weighted by atomic mass is 10.2. The summed E-state index contributed by atoms with van der Waals surface area (Å²) in [6.07, 6.45) is 3.27. The summed E-state index contributed by atoms with van der Waals surface area (Å²) < 4.78 is 6.71. The molecule has 122 valence electrons. The number of nitrogens with one attached hydrogen (secondary N) is 2. The number of hydrazine groups is 1. The number of nitrogens with two attached hydrogens (primary N) is 1. The number of nitrogen functional groups attached to an aromatic ring is 1. The maximum atomic E-state index is 11.9. The minimum absolute atomic E-state index is 0. The Hall–Kier alpha value is -2.64. The van der Waals surface area contributed by atoms with E-state index in [2.05, 4.69) is 5.32 Å². The molecule has 2 aromatic rings. The zero-order valence-electron chi connectivity index (χ0n) is 12.5. The monoisotopic (exact) mass is 336 g/mol. The molecule has 1 heterocycles. The van der Waals surface area contributed by atoms with Gasteiger partial charge in [-0.2, -0.15) is 4.57 Å². The van der Waals surface area contributed by atoms with Gasteiger partial charge in [-0.1, -0.05) is 0 Å². The first-order valence-electron chi connectivity index (χ1n) is 6.56. The Kier molecular flexibility index (Phi) is 6.98. The van der Waals surface area contributed by atoms with Crippen LogP contribution in [0.2, 0.25) is 0 Å². The highest BCUT2D eigenvalue weighted by Gasteiger charge is 2.11. The number of ether oxygens (including phenoxy) is 1. The van der Waals surface area contributed by atoms with Crippen LogP contribution in [0, 0.1) is 0 Å². The van der Waals surface area contributed by atoms with E-state index in [1.807, 2.05) is 5.43 Å². The van der Waals surface area contributed by atoms with Crippen molar-refractivity contribution >= 4 is 17.5 Å². The van der Waals surface area contributed by atoms with Gasteiger partial charge in [-0.3, -0.25) is 15.0 Å². The highest BCUT2D eigenvalue weighted by atomic mass is 35.5. The largest absolute Gasteiger partial charge is 1.00 e. The van der Waals surface area contributed by atoms with Crippen molar-refractivity contribution in [1.29, 1.82) is 0 Å². The van der Waals surface area contributed by atoms with Crippen molar-refractivity contribution < 1.29 is 31.3 Å². The summed E-state index contributed by atoms with van der Waals surface area (Å²) in [7, 11) is 1.58. The van der Waals surface area contributed by atoms with Gasteiger partial charge in [0.25, 0.3) is 11.8 Å². The lowest BCUT2D eigenvalue weighted by molar-refractivity contribution is -0.684. The van der Waals surface area contributed by atoms with Crippen molar-refractivity contribution in [2.75, 3.05) is 12.4 Å². The van der Waals surface area contributed by atoms with Crippen LogP contribution in [-0.4, -0.2) is 18.9 Å². The standard InChI is InChI=1S/C15H16N4O3.ClH/c1-22-13-4-2-12(3-5-13)17-14(20)10-19-8-6-11(7-9-19)15(21)18-16;/h2-9,16H,10H2,1H3,(H2,17,20,21);1H. The molecular formula is C15H17ClN4O3. The molecule has 0 fully saturated rings. The third kappa shape index (κ3) is 5.24. The molecule has 0 saturated heterocycles. The number of pyridine rings is 1. The van der Waals surface area contributed by atoms with Crippen LogP contribution in [0.15, 0.2) is 48.8 Å². The summed E-state index contributed by atoms with van der Waals surface area (Å²) in [5.74, 6) is 5.22. The fraction of sp³-hybridized carbons (Fsp3) is 0.133. The van der Waals surface area contributed by atoms with E-state index in [1.54, 1.807) is 60.5 Å². The Morgan fingerprint density at radius 2 is 1.74 bits per heavy atom. The molecule has 23 heavy (non-hydrogen) atoms. The number of hydrogen-bond donors (Lipinski definition) is 3. The van der Waals surface area contributed by atoms with Gasteiger partial charge in [0.15, 0.2) is 12.4 Å². The number of aromatic nitrogens is 1. The second-order valence-corrected chi connectivity index (χ2v) is 4.51. The summed E-state index contributed by atoms with van der Waals surface area (Å²) in [6, 6.07) is 10.2. The number of carbonyl (C=O) groups is 2. The number of nitrogens with zero attached hydrogens (tertiary/aromatic N) is 1. The number of anilines is 1. The molecule has 0 saturated carbocycles. The van der Waals surface area contributed by atoms with E-state index < -0.39 is 0 Å². The van der Waals surface area contributed by atoms with E-state index in [0.29, 0.717) is 11.3 Å². The van der Waals surface area contributed by atoms with Crippen molar-refractivity contribution in [3.8, 4) is 5.75 Å². The van der Waals surface area contributed by atoms with Gasteiger partial charge < -0.3 is 22.5 Å². The number of benzene rings is 1. The number of rotatable bonds is 5. The number of methoxy groups -OCH3 is 1. The molecule has 0 aliphatic carbocycles. The average molecular weight is 337 g/mol. The van der Waals surface area contributed by atoms with E-state index in [1.165, 1.54) is 0 Å². The molecule has 0 atom stereocenters. The first-order chi connectivity index (χ1) is 10.6. The number of carbonyl (C=O) groups excluding carboxylic acids is 2. The molecule has 1 aromatic heterocycles. The average Bonchev–Trinajstić information content (AvgIpc) is 2.55. The van der Waals surface area contributed by atoms with Crippen LogP contribution in [-0.2, 0) is 11.3 Å². The summed E-state index contributed by atoms with van der Waals surface area (Å²) in [4.78, 5) is 23.3. The molecule has 2 rings (SSSR count). The molecule has 7 nitrogen and oxygen atoms in total. The zero-order chi connectivity index (χ0) is 15.9. The molecule has 1 aromatic carbocycles. The van der Waals surface area contributed by atoms with E-state index in [4.69, 9.17) is 10.6 Å². The highest BCUT2D eigenvalue weighted by Crippen LogP contribution is 2.14. The summed E-state index contributed by atoms with van der Waals surface area (Å²) >= 11 is 0. The molecule has 2 amide bonds. The van der Waals surface area contributed by atoms with E-state index in [-0.39, 0.29) is 30.8 Å². The molecule has 4 N–H and O–H groups in total. The molecule has 0 radical (unpaired) electrons. The van der Waals surface area contributed by atoms with Crippen molar-refractivity contribution in [3.05, 3.63) is 54.4 Å². The zero-order valence-corrected chi connectivity index (χ0v) is 13.2.